The highest BCUT2D eigenvalue weighted by Gasteiger charge is 2.27. The summed E-state index contributed by atoms with van der Waals surface area (Å²) in [7, 11) is 0. The van der Waals surface area contributed by atoms with E-state index < -0.39 is 0 Å². The molecule has 1 amide bonds. The van der Waals surface area contributed by atoms with Crippen molar-refractivity contribution >= 4 is 33.4 Å². The molecule has 0 aliphatic carbocycles. The van der Waals surface area contributed by atoms with Crippen molar-refractivity contribution in [3.8, 4) is 0 Å². The van der Waals surface area contributed by atoms with E-state index in [1.165, 1.54) is 0 Å². The summed E-state index contributed by atoms with van der Waals surface area (Å²) >= 11 is 9.40. The minimum absolute atomic E-state index is 0.0440. The molecule has 1 aromatic carbocycles. The van der Waals surface area contributed by atoms with Crippen LogP contribution in [0.25, 0.3) is 0 Å². The fourth-order valence-corrected chi connectivity index (χ4v) is 2.81. The van der Waals surface area contributed by atoms with Crippen molar-refractivity contribution in [3.63, 3.8) is 0 Å². The lowest BCUT2D eigenvalue weighted by Crippen LogP contribution is -2.33. The molecule has 2 rings (SSSR count). The van der Waals surface area contributed by atoms with Gasteiger partial charge in [-0.1, -0.05) is 27.5 Å². The van der Waals surface area contributed by atoms with Gasteiger partial charge in [0, 0.05) is 17.1 Å². The van der Waals surface area contributed by atoms with E-state index in [4.69, 9.17) is 11.6 Å². The van der Waals surface area contributed by atoms with Gasteiger partial charge in [0.25, 0.3) is 5.91 Å². The summed E-state index contributed by atoms with van der Waals surface area (Å²) in [5.74, 6) is 0.0440. The van der Waals surface area contributed by atoms with Crippen LogP contribution in [0.15, 0.2) is 22.7 Å². The Morgan fingerprint density at radius 1 is 1.56 bits per heavy atom. The molecule has 1 saturated heterocycles. The van der Waals surface area contributed by atoms with E-state index in [0.29, 0.717) is 16.6 Å². The molecule has 1 atom stereocenters. The molecule has 1 heterocycles. The number of hydrogen-bond acceptors (Lipinski definition) is 1. The molecular weight excluding hydrogens is 289 g/mol. The predicted molar refractivity (Wildman–Crippen MR) is 68.9 cm³/mol. The second-order valence-corrected chi connectivity index (χ2v) is 5.44. The predicted octanol–water partition coefficient (Wildman–Crippen LogP) is 3.73. The highest BCUT2D eigenvalue weighted by Crippen LogP contribution is 2.25. The zero-order chi connectivity index (χ0) is 11.7. The summed E-state index contributed by atoms with van der Waals surface area (Å²) in [6.07, 6.45) is 2.17. The normalized spacial score (nSPS) is 20.2. The van der Waals surface area contributed by atoms with Crippen LogP contribution in [0.3, 0.4) is 0 Å². The molecular formula is C12H13BrClNO. The van der Waals surface area contributed by atoms with Gasteiger partial charge in [-0.05, 0) is 38.0 Å². The van der Waals surface area contributed by atoms with E-state index >= 15 is 0 Å². The topological polar surface area (TPSA) is 20.3 Å². The molecule has 0 bridgehead atoms. The Bertz CT molecular complexity index is 421. The van der Waals surface area contributed by atoms with Gasteiger partial charge < -0.3 is 4.90 Å². The quantitative estimate of drug-likeness (QED) is 0.774. The largest absolute Gasteiger partial charge is 0.336 e. The first-order valence-electron chi connectivity index (χ1n) is 5.35. The molecule has 0 unspecified atom stereocenters. The first-order chi connectivity index (χ1) is 7.59. The SMILES string of the molecule is C[C@H]1CCCN1C(=O)c1ccc(Br)cc1Cl. The lowest BCUT2D eigenvalue weighted by Gasteiger charge is -2.21. The number of likely N-dealkylation sites (tertiary alicyclic amines) is 1. The monoisotopic (exact) mass is 301 g/mol. The Balaban J connectivity index is 2.27. The third-order valence-electron chi connectivity index (χ3n) is 2.98. The highest BCUT2D eigenvalue weighted by atomic mass is 79.9. The van der Waals surface area contributed by atoms with E-state index in [0.717, 1.165) is 23.9 Å². The first-order valence-corrected chi connectivity index (χ1v) is 6.52. The van der Waals surface area contributed by atoms with E-state index in [9.17, 15) is 4.79 Å². The van der Waals surface area contributed by atoms with Gasteiger partial charge in [0.05, 0.1) is 10.6 Å². The van der Waals surface area contributed by atoms with Crippen LogP contribution in [0.4, 0.5) is 0 Å². The zero-order valence-electron chi connectivity index (χ0n) is 9.04. The second kappa shape index (κ2) is 4.76. The van der Waals surface area contributed by atoms with E-state index in [1.807, 2.05) is 11.0 Å². The summed E-state index contributed by atoms with van der Waals surface area (Å²) in [5.41, 5.74) is 0.596. The molecule has 2 nitrogen and oxygen atoms in total. The number of amides is 1. The van der Waals surface area contributed by atoms with Crippen molar-refractivity contribution in [2.45, 2.75) is 25.8 Å². The number of rotatable bonds is 1. The van der Waals surface area contributed by atoms with Gasteiger partial charge in [-0.2, -0.15) is 0 Å². The average molecular weight is 303 g/mol. The Kier molecular flexibility index (Phi) is 3.55. The third kappa shape index (κ3) is 2.25. The van der Waals surface area contributed by atoms with Gasteiger partial charge in [0.15, 0.2) is 0 Å². The van der Waals surface area contributed by atoms with Crippen molar-refractivity contribution in [2.75, 3.05) is 6.54 Å². The molecule has 1 aromatic rings. The van der Waals surface area contributed by atoms with Gasteiger partial charge in [-0.15, -0.1) is 0 Å². The summed E-state index contributed by atoms with van der Waals surface area (Å²) < 4.78 is 0.892. The molecule has 16 heavy (non-hydrogen) atoms. The molecule has 1 fully saturated rings. The minimum Gasteiger partial charge on any atom is -0.336 e. The molecule has 0 N–H and O–H groups in total. The third-order valence-corrected chi connectivity index (χ3v) is 3.78. The fourth-order valence-electron chi connectivity index (χ4n) is 2.05. The Hall–Kier alpha value is -0.540. The van der Waals surface area contributed by atoms with Crippen LogP contribution < -0.4 is 0 Å². The Morgan fingerprint density at radius 2 is 2.31 bits per heavy atom. The van der Waals surface area contributed by atoms with Crippen LogP contribution in [0.1, 0.15) is 30.1 Å². The summed E-state index contributed by atoms with van der Waals surface area (Å²) in [6.45, 7) is 2.92. The van der Waals surface area contributed by atoms with Crippen LogP contribution in [0, 0.1) is 0 Å². The van der Waals surface area contributed by atoms with Crippen molar-refractivity contribution in [1.29, 1.82) is 0 Å². The highest BCUT2D eigenvalue weighted by molar-refractivity contribution is 9.10. The van der Waals surface area contributed by atoms with Gasteiger partial charge in [0.2, 0.25) is 0 Å². The molecule has 86 valence electrons. The number of hydrogen-bond donors (Lipinski definition) is 0. The van der Waals surface area contributed by atoms with Crippen LogP contribution in [-0.2, 0) is 0 Å². The second-order valence-electron chi connectivity index (χ2n) is 4.11. The van der Waals surface area contributed by atoms with Gasteiger partial charge >= 0.3 is 0 Å². The van der Waals surface area contributed by atoms with Crippen LogP contribution in [0.2, 0.25) is 5.02 Å². The fraction of sp³-hybridized carbons (Fsp3) is 0.417. The van der Waals surface area contributed by atoms with Gasteiger partial charge in [-0.25, -0.2) is 0 Å². The Labute approximate surface area is 109 Å². The van der Waals surface area contributed by atoms with Crippen LogP contribution >= 0.6 is 27.5 Å². The first kappa shape index (κ1) is 11.9. The number of carbonyl (C=O) groups excluding carboxylic acids is 1. The Morgan fingerprint density at radius 3 is 2.88 bits per heavy atom. The molecule has 0 radical (unpaired) electrons. The summed E-state index contributed by atoms with van der Waals surface area (Å²) in [5, 5.41) is 0.512. The van der Waals surface area contributed by atoms with E-state index in [2.05, 4.69) is 22.9 Å². The van der Waals surface area contributed by atoms with Crippen molar-refractivity contribution in [3.05, 3.63) is 33.3 Å². The summed E-state index contributed by atoms with van der Waals surface area (Å²) in [4.78, 5) is 14.1. The molecule has 4 heteroatoms. The molecule has 0 spiro atoms. The number of carbonyl (C=O) groups is 1. The smallest absolute Gasteiger partial charge is 0.255 e. The number of halogens is 2. The van der Waals surface area contributed by atoms with Crippen LogP contribution in [-0.4, -0.2) is 23.4 Å². The molecule has 1 aliphatic heterocycles. The van der Waals surface area contributed by atoms with Crippen molar-refractivity contribution in [1.82, 2.24) is 4.90 Å². The van der Waals surface area contributed by atoms with Crippen LogP contribution in [0.5, 0.6) is 0 Å². The lowest BCUT2D eigenvalue weighted by atomic mass is 10.2. The lowest BCUT2D eigenvalue weighted by molar-refractivity contribution is 0.0747. The van der Waals surface area contributed by atoms with Crippen molar-refractivity contribution in [2.24, 2.45) is 0 Å². The molecule has 1 aliphatic rings. The van der Waals surface area contributed by atoms with Gasteiger partial charge in [-0.3, -0.25) is 4.79 Å². The standard InChI is InChI=1S/C12H13BrClNO/c1-8-3-2-6-15(8)12(16)10-5-4-9(13)7-11(10)14/h4-5,7-8H,2-3,6H2,1H3/t8-/m0/s1. The maximum atomic E-state index is 12.2. The average Bonchev–Trinajstić information content (AvgIpc) is 2.63. The minimum atomic E-state index is 0.0440. The van der Waals surface area contributed by atoms with Crippen molar-refractivity contribution < 1.29 is 4.79 Å². The number of benzene rings is 1. The number of nitrogens with zero attached hydrogens (tertiary/aromatic N) is 1. The van der Waals surface area contributed by atoms with Gasteiger partial charge in [0.1, 0.15) is 0 Å². The van der Waals surface area contributed by atoms with E-state index in [-0.39, 0.29) is 5.91 Å². The maximum Gasteiger partial charge on any atom is 0.255 e. The maximum absolute atomic E-state index is 12.2. The summed E-state index contributed by atoms with van der Waals surface area (Å²) in [6, 6.07) is 5.71. The van der Waals surface area contributed by atoms with E-state index in [1.54, 1.807) is 12.1 Å². The zero-order valence-corrected chi connectivity index (χ0v) is 11.4. The molecule has 0 aromatic heterocycles. The molecule has 0 saturated carbocycles.